The van der Waals surface area contributed by atoms with Crippen LogP contribution in [0.3, 0.4) is 0 Å². The number of rotatable bonds is 0. The van der Waals surface area contributed by atoms with E-state index in [9.17, 15) is 0 Å². The van der Waals surface area contributed by atoms with Crippen LogP contribution in [0, 0.1) is 11.3 Å². The van der Waals surface area contributed by atoms with Crippen molar-refractivity contribution in [1.82, 2.24) is 5.32 Å². The largest absolute Gasteiger partial charge is 0.316 e. The molecule has 1 aliphatic carbocycles. The lowest BCUT2D eigenvalue weighted by Gasteiger charge is -2.49. The fourth-order valence-corrected chi connectivity index (χ4v) is 1.51. The van der Waals surface area contributed by atoms with Crippen molar-refractivity contribution in [1.29, 1.82) is 0 Å². The lowest BCUT2D eigenvalue weighted by atomic mass is 9.65. The molecule has 1 saturated heterocycles. The summed E-state index contributed by atoms with van der Waals surface area (Å²) >= 11 is 0. The minimum absolute atomic E-state index is 0.833. The van der Waals surface area contributed by atoms with Crippen LogP contribution in [0.5, 0.6) is 0 Å². The quantitative estimate of drug-likeness (QED) is 0.566. The van der Waals surface area contributed by atoms with Crippen LogP contribution in [0.1, 0.15) is 40.0 Å². The predicted molar refractivity (Wildman–Crippen MR) is 49.7 cm³/mol. The van der Waals surface area contributed by atoms with E-state index < -0.39 is 0 Å². The van der Waals surface area contributed by atoms with Crippen molar-refractivity contribution in [3.63, 3.8) is 0 Å². The highest BCUT2D eigenvalue weighted by Gasteiger charge is 2.41. The van der Waals surface area contributed by atoms with Crippen LogP contribution in [-0.4, -0.2) is 13.1 Å². The van der Waals surface area contributed by atoms with Crippen LogP contribution < -0.4 is 5.32 Å². The Hall–Kier alpha value is -0.0400. The van der Waals surface area contributed by atoms with Crippen LogP contribution in [0.2, 0.25) is 0 Å². The van der Waals surface area contributed by atoms with Gasteiger partial charge in [-0.15, -0.1) is 0 Å². The van der Waals surface area contributed by atoms with E-state index in [1.807, 2.05) is 0 Å². The number of hydrogen-bond donors (Lipinski definition) is 1. The van der Waals surface area contributed by atoms with Crippen LogP contribution in [-0.2, 0) is 0 Å². The Labute approximate surface area is 70.6 Å². The van der Waals surface area contributed by atoms with Gasteiger partial charge in [-0.3, -0.25) is 0 Å². The smallest absolute Gasteiger partial charge is 0.00202 e. The van der Waals surface area contributed by atoms with Gasteiger partial charge in [0.15, 0.2) is 0 Å². The van der Waals surface area contributed by atoms with Crippen molar-refractivity contribution < 1.29 is 0 Å². The fourth-order valence-electron chi connectivity index (χ4n) is 1.51. The van der Waals surface area contributed by atoms with Crippen LogP contribution >= 0.6 is 0 Å². The summed E-state index contributed by atoms with van der Waals surface area (Å²) in [5.41, 5.74) is 0.833. The molecule has 1 spiro atoms. The zero-order valence-corrected chi connectivity index (χ0v) is 8.11. The van der Waals surface area contributed by atoms with Gasteiger partial charge in [-0.05, 0) is 24.2 Å². The first kappa shape index (κ1) is 9.05. The van der Waals surface area contributed by atoms with Gasteiger partial charge in [0.1, 0.15) is 0 Å². The molecule has 0 aromatic heterocycles. The molecule has 2 aliphatic rings. The van der Waals surface area contributed by atoms with Gasteiger partial charge < -0.3 is 5.32 Å². The van der Waals surface area contributed by atoms with Gasteiger partial charge in [0, 0.05) is 13.1 Å². The Morgan fingerprint density at radius 1 is 1.09 bits per heavy atom. The zero-order valence-electron chi connectivity index (χ0n) is 8.11. The third-order valence-corrected chi connectivity index (χ3v) is 2.41. The highest BCUT2D eigenvalue weighted by atomic mass is 15.0. The third kappa shape index (κ3) is 2.48. The Bertz CT molecular complexity index is 91.8. The average molecular weight is 155 g/mol. The topological polar surface area (TPSA) is 12.0 Å². The summed E-state index contributed by atoms with van der Waals surface area (Å²) in [5.74, 6) is 0.833. The first-order chi connectivity index (χ1) is 5.15. The summed E-state index contributed by atoms with van der Waals surface area (Å²) in [7, 11) is 0. The van der Waals surface area contributed by atoms with Crippen molar-refractivity contribution >= 4 is 0 Å². The summed E-state index contributed by atoms with van der Waals surface area (Å²) in [6.45, 7) is 9.12. The van der Waals surface area contributed by atoms with Gasteiger partial charge in [0.25, 0.3) is 0 Å². The second-order valence-corrected chi connectivity index (χ2v) is 4.69. The van der Waals surface area contributed by atoms with E-state index >= 15 is 0 Å². The van der Waals surface area contributed by atoms with Crippen molar-refractivity contribution in [2.75, 3.05) is 13.1 Å². The highest BCUT2D eigenvalue weighted by Crippen LogP contribution is 2.43. The molecule has 1 nitrogen and oxygen atoms in total. The van der Waals surface area contributed by atoms with Crippen molar-refractivity contribution in [3.8, 4) is 0 Å². The standard InChI is InChI=1S/C6H11N.C4H10/c1-2-6(3-1)4-7-5-6;1-4(2)3/h7H,1-5H2;4H,1-3H3. The molecule has 1 saturated carbocycles. The van der Waals surface area contributed by atoms with Gasteiger partial charge in [-0.2, -0.15) is 0 Å². The summed E-state index contributed by atoms with van der Waals surface area (Å²) < 4.78 is 0. The predicted octanol–water partition coefficient (Wildman–Crippen LogP) is 2.42. The maximum atomic E-state index is 3.30. The van der Waals surface area contributed by atoms with Crippen LogP contribution in [0.25, 0.3) is 0 Å². The molecule has 0 unspecified atom stereocenters. The first-order valence-corrected chi connectivity index (χ1v) is 4.85. The molecule has 1 aliphatic heterocycles. The molecule has 0 aromatic rings. The van der Waals surface area contributed by atoms with E-state index in [1.54, 1.807) is 0 Å². The molecule has 0 aromatic carbocycles. The molecular weight excluding hydrogens is 134 g/mol. The minimum atomic E-state index is 0.833. The molecule has 1 N–H and O–H groups in total. The average Bonchev–Trinajstić information content (AvgIpc) is 1.51. The molecule has 0 amide bonds. The number of nitrogens with one attached hydrogen (secondary N) is 1. The minimum Gasteiger partial charge on any atom is -0.316 e. The molecule has 0 radical (unpaired) electrons. The summed E-state index contributed by atoms with van der Waals surface area (Å²) in [6.07, 6.45) is 4.49. The molecule has 1 heteroatoms. The second kappa shape index (κ2) is 3.57. The summed E-state index contributed by atoms with van der Waals surface area (Å²) in [5, 5.41) is 3.30. The Kier molecular flexibility index (Phi) is 2.94. The molecule has 66 valence electrons. The van der Waals surface area contributed by atoms with E-state index in [2.05, 4.69) is 26.1 Å². The van der Waals surface area contributed by atoms with Gasteiger partial charge >= 0.3 is 0 Å². The van der Waals surface area contributed by atoms with Gasteiger partial charge in [-0.25, -0.2) is 0 Å². The fraction of sp³-hybridized carbons (Fsp3) is 1.00. The van der Waals surface area contributed by atoms with E-state index in [0.717, 1.165) is 11.3 Å². The van der Waals surface area contributed by atoms with Crippen molar-refractivity contribution in [3.05, 3.63) is 0 Å². The molecule has 2 rings (SSSR count). The van der Waals surface area contributed by atoms with Gasteiger partial charge in [-0.1, -0.05) is 27.2 Å². The molecule has 0 atom stereocenters. The monoisotopic (exact) mass is 155 g/mol. The van der Waals surface area contributed by atoms with E-state index in [0.29, 0.717) is 0 Å². The Morgan fingerprint density at radius 3 is 1.55 bits per heavy atom. The van der Waals surface area contributed by atoms with E-state index in [4.69, 9.17) is 0 Å². The zero-order chi connectivity index (χ0) is 8.32. The lowest BCUT2D eigenvalue weighted by molar-refractivity contribution is 0.0603. The maximum Gasteiger partial charge on any atom is 0.00202 e. The molecule has 11 heavy (non-hydrogen) atoms. The van der Waals surface area contributed by atoms with E-state index in [-0.39, 0.29) is 0 Å². The Balaban J connectivity index is 0.000000134. The summed E-state index contributed by atoms with van der Waals surface area (Å²) in [4.78, 5) is 0. The van der Waals surface area contributed by atoms with Crippen LogP contribution in [0.15, 0.2) is 0 Å². The van der Waals surface area contributed by atoms with Crippen molar-refractivity contribution in [2.24, 2.45) is 11.3 Å². The molecule has 0 bridgehead atoms. The molecular formula is C10H21N. The second-order valence-electron chi connectivity index (χ2n) is 4.69. The third-order valence-electron chi connectivity index (χ3n) is 2.41. The molecule has 1 heterocycles. The van der Waals surface area contributed by atoms with Gasteiger partial charge in [0.2, 0.25) is 0 Å². The SMILES string of the molecule is C1CC2(C1)CNC2.CC(C)C. The highest BCUT2D eigenvalue weighted by molar-refractivity contribution is 4.97. The van der Waals surface area contributed by atoms with Crippen LogP contribution in [0.4, 0.5) is 0 Å². The summed E-state index contributed by atoms with van der Waals surface area (Å²) in [6, 6.07) is 0. The first-order valence-electron chi connectivity index (χ1n) is 4.85. The Morgan fingerprint density at radius 2 is 1.55 bits per heavy atom. The normalized spacial score (nSPS) is 25.1. The van der Waals surface area contributed by atoms with Crippen molar-refractivity contribution in [2.45, 2.75) is 40.0 Å². The molecule has 2 fully saturated rings. The van der Waals surface area contributed by atoms with Gasteiger partial charge in [0.05, 0.1) is 0 Å². The maximum absolute atomic E-state index is 3.30. The van der Waals surface area contributed by atoms with E-state index in [1.165, 1.54) is 32.4 Å². The lowest BCUT2D eigenvalue weighted by Crippen LogP contribution is -2.57. The number of hydrogen-bond acceptors (Lipinski definition) is 1.